The number of hydrogen-bond donors (Lipinski definition) is 4. The molecular weight excluding hydrogens is 422 g/mol. The van der Waals surface area contributed by atoms with Gasteiger partial charge in [0.1, 0.15) is 11.8 Å². The maximum absolute atomic E-state index is 12.2. The van der Waals surface area contributed by atoms with Gasteiger partial charge in [-0.05, 0) is 42.3 Å². The first-order valence-corrected chi connectivity index (χ1v) is 10.9. The number of aliphatic hydroxyl groups is 2. The van der Waals surface area contributed by atoms with Gasteiger partial charge in [0.25, 0.3) is 5.91 Å². The van der Waals surface area contributed by atoms with E-state index in [0.29, 0.717) is 23.4 Å². The van der Waals surface area contributed by atoms with Crippen molar-refractivity contribution >= 4 is 15.9 Å². The molecule has 1 heterocycles. The zero-order valence-electron chi connectivity index (χ0n) is 16.7. The Balaban J connectivity index is 1.56. The van der Waals surface area contributed by atoms with E-state index in [4.69, 9.17) is 5.14 Å². The highest BCUT2D eigenvalue weighted by molar-refractivity contribution is 7.89. The minimum atomic E-state index is -3.81. The van der Waals surface area contributed by atoms with Gasteiger partial charge in [-0.3, -0.25) is 4.79 Å². The fourth-order valence-corrected chi connectivity index (χ4v) is 3.37. The van der Waals surface area contributed by atoms with Crippen molar-refractivity contribution in [3.63, 3.8) is 0 Å². The van der Waals surface area contributed by atoms with Gasteiger partial charge in [-0.25, -0.2) is 18.2 Å². The number of aliphatic hydroxyl groups excluding tert-OH is 2. The van der Waals surface area contributed by atoms with Gasteiger partial charge in [0, 0.05) is 5.56 Å². The topological polar surface area (TPSA) is 160 Å². The Morgan fingerprint density at radius 2 is 1.77 bits per heavy atom. The number of sulfonamides is 1. The van der Waals surface area contributed by atoms with Crippen LogP contribution in [0.15, 0.2) is 59.6 Å². The Hall–Kier alpha value is -3.12. The summed E-state index contributed by atoms with van der Waals surface area (Å²) < 4.78 is 24.2. The number of hydrogen-bond acceptors (Lipinski definition) is 7. The van der Waals surface area contributed by atoms with Crippen LogP contribution >= 0.6 is 0 Å². The molecular formula is C20H23N5O5S. The lowest BCUT2D eigenvalue weighted by Gasteiger charge is -2.14. The number of nitrogens with two attached hydrogens (primary N) is 1. The van der Waals surface area contributed by atoms with Crippen LogP contribution in [-0.4, -0.2) is 45.6 Å². The van der Waals surface area contributed by atoms with Crippen molar-refractivity contribution in [3.8, 4) is 0 Å². The highest BCUT2D eigenvalue weighted by Gasteiger charge is 2.14. The summed E-state index contributed by atoms with van der Waals surface area (Å²) in [5, 5.41) is 35.1. The molecule has 11 heteroatoms. The largest absolute Gasteiger partial charge is 0.390 e. The van der Waals surface area contributed by atoms with Gasteiger partial charge in [0.2, 0.25) is 10.0 Å². The van der Waals surface area contributed by atoms with E-state index in [9.17, 15) is 23.4 Å². The molecule has 3 aromatic rings. The summed E-state index contributed by atoms with van der Waals surface area (Å²) in [6.07, 6.45) is -0.0970. The molecule has 2 aromatic carbocycles. The molecule has 0 radical (unpaired) electrons. The van der Waals surface area contributed by atoms with Crippen LogP contribution in [0.25, 0.3) is 0 Å². The van der Waals surface area contributed by atoms with Gasteiger partial charge in [0.05, 0.1) is 30.3 Å². The van der Waals surface area contributed by atoms with Crippen molar-refractivity contribution in [3.05, 3.63) is 77.1 Å². The molecule has 1 aromatic heterocycles. The number of nitrogens with zero attached hydrogens (tertiary/aromatic N) is 3. The number of amides is 1. The average molecular weight is 446 g/mol. The van der Waals surface area contributed by atoms with Crippen LogP contribution in [0, 0.1) is 0 Å². The van der Waals surface area contributed by atoms with E-state index in [1.165, 1.54) is 31.2 Å². The standard InChI is InChI=1S/C20H23N5O5S/c1-13(26)19(27)15-4-2-14(3-5-15)11-25-12-17(23-24-25)10-22-20(28)16-6-8-18(9-7-16)31(21,29)30/h2-9,12-13,19,26-27H,10-11H2,1H3,(H,22,28)(H2,21,29,30)/t13-,19-/m1/s1. The normalized spacial score (nSPS) is 13.5. The predicted octanol–water partition coefficient (Wildman–Crippen LogP) is 0.318. The predicted molar refractivity (Wildman–Crippen MR) is 111 cm³/mol. The molecule has 31 heavy (non-hydrogen) atoms. The lowest BCUT2D eigenvalue weighted by molar-refractivity contribution is 0.0305. The number of primary sulfonamides is 1. The smallest absolute Gasteiger partial charge is 0.251 e. The Kier molecular flexibility index (Phi) is 6.81. The Labute approximate surface area is 179 Å². The molecule has 3 rings (SSSR count). The summed E-state index contributed by atoms with van der Waals surface area (Å²) in [4.78, 5) is 12.2. The number of carbonyl (C=O) groups is 1. The van der Waals surface area contributed by atoms with Crippen molar-refractivity contribution in [2.75, 3.05) is 0 Å². The Bertz CT molecular complexity index is 1140. The lowest BCUT2D eigenvalue weighted by Crippen LogP contribution is -2.23. The van der Waals surface area contributed by atoms with Crippen LogP contribution in [0.1, 0.15) is 40.2 Å². The second-order valence-corrected chi connectivity index (χ2v) is 8.65. The molecule has 164 valence electrons. The Morgan fingerprint density at radius 1 is 1.13 bits per heavy atom. The monoisotopic (exact) mass is 445 g/mol. The maximum atomic E-state index is 12.2. The first-order chi connectivity index (χ1) is 14.6. The van der Waals surface area contributed by atoms with E-state index in [2.05, 4.69) is 15.6 Å². The summed E-state index contributed by atoms with van der Waals surface area (Å²) in [6, 6.07) is 12.4. The van der Waals surface area contributed by atoms with Gasteiger partial charge in [0.15, 0.2) is 0 Å². The van der Waals surface area contributed by atoms with Gasteiger partial charge in [-0.15, -0.1) is 5.10 Å². The molecule has 10 nitrogen and oxygen atoms in total. The third-order valence-corrected chi connectivity index (χ3v) is 5.51. The summed E-state index contributed by atoms with van der Waals surface area (Å²) >= 11 is 0. The molecule has 0 aliphatic heterocycles. The van der Waals surface area contributed by atoms with Crippen molar-refractivity contribution < 1.29 is 23.4 Å². The van der Waals surface area contributed by atoms with Crippen LogP contribution in [0.2, 0.25) is 0 Å². The molecule has 0 aliphatic rings. The second kappa shape index (κ2) is 9.35. The number of nitrogens with one attached hydrogen (secondary N) is 1. The maximum Gasteiger partial charge on any atom is 0.251 e. The highest BCUT2D eigenvalue weighted by atomic mass is 32.2. The molecule has 0 fully saturated rings. The quantitative estimate of drug-likeness (QED) is 0.388. The van der Waals surface area contributed by atoms with Gasteiger partial charge < -0.3 is 15.5 Å². The molecule has 0 unspecified atom stereocenters. The van der Waals surface area contributed by atoms with E-state index >= 15 is 0 Å². The molecule has 1 amide bonds. The molecule has 2 atom stereocenters. The van der Waals surface area contributed by atoms with E-state index in [-0.39, 0.29) is 17.3 Å². The van der Waals surface area contributed by atoms with E-state index < -0.39 is 22.2 Å². The first-order valence-electron chi connectivity index (χ1n) is 9.38. The van der Waals surface area contributed by atoms with E-state index in [0.717, 1.165) is 5.56 Å². The lowest BCUT2D eigenvalue weighted by atomic mass is 10.0. The number of benzene rings is 2. The van der Waals surface area contributed by atoms with Crippen molar-refractivity contribution in [2.45, 2.75) is 37.1 Å². The van der Waals surface area contributed by atoms with E-state index in [1.54, 1.807) is 23.0 Å². The summed E-state index contributed by atoms with van der Waals surface area (Å²) in [6.45, 7) is 2.12. The number of carbonyl (C=O) groups excluding carboxylic acids is 1. The van der Waals surface area contributed by atoms with Gasteiger partial charge >= 0.3 is 0 Å². The van der Waals surface area contributed by atoms with E-state index in [1.807, 2.05) is 12.1 Å². The van der Waals surface area contributed by atoms with Crippen LogP contribution in [0.4, 0.5) is 0 Å². The van der Waals surface area contributed by atoms with Gasteiger partial charge in [-0.1, -0.05) is 29.5 Å². The first kappa shape index (κ1) is 22.6. The molecule has 5 N–H and O–H groups in total. The molecule has 0 aliphatic carbocycles. The second-order valence-electron chi connectivity index (χ2n) is 7.09. The molecule has 0 saturated heterocycles. The fourth-order valence-electron chi connectivity index (χ4n) is 2.85. The van der Waals surface area contributed by atoms with Crippen LogP contribution < -0.4 is 10.5 Å². The molecule has 0 spiro atoms. The van der Waals surface area contributed by atoms with Crippen molar-refractivity contribution in [2.24, 2.45) is 5.14 Å². The third kappa shape index (κ3) is 5.95. The Morgan fingerprint density at radius 3 is 2.35 bits per heavy atom. The van der Waals surface area contributed by atoms with Crippen LogP contribution in [-0.2, 0) is 23.1 Å². The van der Waals surface area contributed by atoms with Crippen LogP contribution in [0.5, 0.6) is 0 Å². The third-order valence-electron chi connectivity index (χ3n) is 4.58. The zero-order chi connectivity index (χ0) is 22.6. The number of aromatic nitrogens is 3. The zero-order valence-corrected chi connectivity index (χ0v) is 17.5. The van der Waals surface area contributed by atoms with Crippen molar-refractivity contribution in [1.82, 2.24) is 20.3 Å². The van der Waals surface area contributed by atoms with Gasteiger partial charge in [-0.2, -0.15) is 0 Å². The minimum Gasteiger partial charge on any atom is -0.390 e. The molecule has 0 bridgehead atoms. The average Bonchev–Trinajstić information content (AvgIpc) is 3.18. The van der Waals surface area contributed by atoms with Crippen molar-refractivity contribution in [1.29, 1.82) is 0 Å². The summed E-state index contributed by atoms with van der Waals surface area (Å²) in [5.74, 6) is -0.386. The summed E-state index contributed by atoms with van der Waals surface area (Å²) in [7, 11) is -3.81. The highest BCUT2D eigenvalue weighted by Crippen LogP contribution is 2.17. The minimum absolute atomic E-state index is 0.0691. The number of rotatable bonds is 8. The van der Waals surface area contributed by atoms with Crippen LogP contribution in [0.3, 0.4) is 0 Å². The summed E-state index contributed by atoms with van der Waals surface area (Å²) in [5.41, 5.74) is 2.39. The fraction of sp³-hybridized carbons (Fsp3) is 0.250. The molecule has 0 saturated carbocycles. The SMILES string of the molecule is C[C@@H](O)[C@@H](O)c1ccc(Cn2cc(CNC(=O)c3ccc(S(N)(=O)=O)cc3)nn2)cc1.